The molecule has 1 N–H and O–H groups in total. The molecule has 2 atom stereocenters. The zero-order chi connectivity index (χ0) is 19.9. The van der Waals surface area contributed by atoms with E-state index < -0.39 is 0 Å². The first kappa shape index (κ1) is 20.2. The summed E-state index contributed by atoms with van der Waals surface area (Å²) in [4.78, 5) is 7.08. The van der Waals surface area contributed by atoms with Crippen LogP contribution in [0.15, 0.2) is 41.7 Å². The van der Waals surface area contributed by atoms with Gasteiger partial charge >= 0.3 is 0 Å². The minimum atomic E-state index is -0.00934. The summed E-state index contributed by atoms with van der Waals surface area (Å²) in [6.45, 7) is 9.84. The monoisotopic (exact) mass is 385 g/mol. The lowest BCUT2D eigenvalue weighted by molar-refractivity contribution is -0.00808. The Morgan fingerprint density at radius 3 is 2.96 bits per heavy atom. The third kappa shape index (κ3) is 5.25. The highest BCUT2D eigenvalue weighted by Gasteiger charge is 2.25. The summed E-state index contributed by atoms with van der Waals surface area (Å²) in [5.41, 5.74) is 2.23. The first-order chi connectivity index (χ1) is 13.6. The Balaban J connectivity index is 1.63. The number of hydrogen-bond acceptors (Lipinski definition) is 4. The lowest BCUT2D eigenvalue weighted by Crippen LogP contribution is -2.48. The van der Waals surface area contributed by atoms with Crippen LogP contribution >= 0.6 is 0 Å². The van der Waals surface area contributed by atoms with Gasteiger partial charge in [-0.25, -0.2) is 4.99 Å². The smallest absolute Gasteiger partial charge is 0.194 e. The van der Waals surface area contributed by atoms with Gasteiger partial charge in [-0.1, -0.05) is 18.2 Å². The zero-order valence-corrected chi connectivity index (χ0v) is 17.3. The molecule has 0 spiro atoms. The number of morpholine rings is 1. The lowest BCUT2D eigenvalue weighted by atomic mass is 10.1. The Hall–Kier alpha value is -2.54. The number of rotatable bonds is 6. The molecule has 152 valence electrons. The van der Waals surface area contributed by atoms with Gasteiger partial charge in [0, 0.05) is 31.9 Å². The number of hydrogen-bond donors (Lipinski definition) is 1. The minimum Gasteiger partial charge on any atom is -0.489 e. The highest BCUT2D eigenvalue weighted by Crippen LogP contribution is 2.22. The van der Waals surface area contributed by atoms with E-state index in [1.54, 1.807) is 0 Å². The van der Waals surface area contributed by atoms with E-state index in [0.717, 1.165) is 42.5 Å². The summed E-state index contributed by atoms with van der Waals surface area (Å²) in [5.74, 6) is 1.82. The summed E-state index contributed by atoms with van der Waals surface area (Å²) in [7, 11) is 1.92. The molecule has 2 heterocycles. The SMILES string of the molecule is CCNC(=NCC(C)Oc1ccccc1C)N1CCOC(c2cnn(C)c2)C1. The number of guanidine groups is 1. The number of para-hydroxylation sites is 1. The summed E-state index contributed by atoms with van der Waals surface area (Å²) in [5, 5.41) is 7.66. The van der Waals surface area contributed by atoms with Crippen LogP contribution in [-0.2, 0) is 11.8 Å². The third-order valence-electron chi connectivity index (χ3n) is 4.72. The van der Waals surface area contributed by atoms with Crippen LogP contribution in [0.3, 0.4) is 0 Å². The van der Waals surface area contributed by atoms with E-state index in [1.807, 2.05) is 42.3 Å². The summed E-state index contributed by atoms with van der Waals surface area (Å²) in [6, 6.07) is 8.07. The van der Waals surface area contributed by atoms with Crippen molar-refractivity contribution >= 4 is 5.96 Å². The Labute approximate surface area is 167 Å². The van der Waals surface area contributed by atoms with E-state index in [-0.39, 0.29) is 12.2 Å². The van der Waals surface area contributed by atoms with Crippen molar-refractivity contribution in [3.8, 4) is 5.75 Å². The fraction of sp³-hybridized carbons (Fsp3) is 0.524. The van der Waals surface area contributed by atoms with Gasteiger partial charge in [0.2, 0.25) is 0 Å². The van der Waals surface area contributed by atoms with Gasteiger partial charge in [0.05, 0.1) is 25.9 Å². The minimum absolute atomic E-state index is 0.00643. The number of benzene rings is 1. The van der Waals surface area contributed by atoms with Crippen molar-refractivity contribution in [2.75, 3.05) is 32.8 Å². The lowest BCUT2D eigenvalue weighted by Gasteiger charge is -2.35. The number of ether oxygens (including phenoxy) is 2. The molecule has 1 saturated heterocycles. The first-order valence-electron chi connectivity index (χ1n) is 9.92. The van der Waals surface area contributed by atoms with E-state index in [0.29, 0.717) is 13.2 Å². The van der Waals surface area contributed by atoms with Crippen molar-refractivity contribution in [2.45, 2.75) is 33.0 Å². The second-order valence-electron chi connectivity index (χ2n) is 7.14. The highest BCUT2D eigenvalue weighted by atomic mass is 16.5. The molecule has 3 rings (SSSR count). The van der Waals surface area contributed by atoms with Crippen molar-refractivity contribution < 1.29 is 9.47 Å². The van der Waals surface area contributed by atoms with Crippen LogP contribution in [0, 0.1) is 6.92 Å². The molecule has 1 aliphatic heterocycles. The van der Waals surface area contributed by atoms with Gasteiger partial charge < -0.3 is 19.7 Å². The predicted molar refractivity (Wildman–Crippen MR) is 111 cm³/mol. The normalized spacial score (nSPS) is 18.8. The standard InChI is InChI=1S/C21H31N5O2/c1-5-22-21(23-12-17(3)28-19-9-7-6-8-16(19)2)26-10-11-27-20(15-26)18-13-24-25(4)14-18/h6-9,13-14,17,20H,5,10-12,15H2,1-4H3,(H,22,23). The van der Waals surface area contributed by atoms with Crippen LogP contribution in [0.1, 0.15) is 31.1 Å². The fourth-order valence-electron chi connectivity index (χ4n) is 3.23. The Morgan fingerprint density at radius 2 is 2.25 bits per heavy atom. The van der Waals surface area contributed by atoms with Gasteiger partial charge in [0.15, 0.2) is 5.96 Å². The molecule has 1 aliphatic rings. The summed E-state index contributed by atoms with van der Waals surface area (Å²) >= 11 is 0. The molecule has 2 unspecified atom stereocenters. The number of aromatic nitrogens is 2. The van der Waals surface area contributed by atoms with E-state index in [4.69, 9.17) is 14.5 Å². The maximum absolute atomic E-state index is 6.07. The fourth-order valence-corrected chi connectivity index (χ4v) is 3.23. The van der Waals surface area contributed by atoms with Gasteiger partial charge in [-0.05, 0) is 32.4 Å². The quantitative estimate of drug-likeness (QED) is 0.612. The molecule has 7 heteroatoms. The van der Waals surface area contributed by atoms with Crippen molar-refractivity contribution in [3.05, 3.63) is 47.8 Å². The van der Waals surface area contributed by atoms with Crippen LogP contribution < -0.4 is 10.1 Å². The Morgan fingerprint density at radius 1 is 1.43 bits per heavy atom. The van der Waals surface area contributed by atoms with Crippen molar-refractivity contribution in [1.82, 2.24) is 20.0 Å². The third-order valence-corrected chi connectivity index (χ3v) is 4.72. The number of nitrogens with one attached hydrogen (secondary N) is 1. The van der Waals surface area contributed by atoms with Crippen LogP contribution in [-0.4, -0.2) is 59.5 Å². The van der Waals surface area contributed by atoms with Crippen molar-refractivity contribution in [1.29, 1.82) is 0 Å². The average Bonchev–Trinajstić information content (AvgIpc) is 3.13. The van der Waals surface area contributed by atoms with Gasteiger partial charge in [-0.3, -0.25) is 4.68 Å². The van der Waals surface area contributed by atoms with Gasteiger partial charge in [0.1, 0.15) is 18.0 Å². The summed E-state index contributed by atoms with van der Waals surface area (Å²) in [6.07, 6.45) is 3.88. The molecule has 0 saturated carbocycles. The van der Waals surface area contributed by atoms with Crippen LogP contribution in [0.4, 0.5) is 0 Å². The number of nitrogens with zero attached hydrogens (tertiary/aromatic N) is 4. The molecule has 0 amide bonds. The van der Waals surface area contributed by atoms with E-state index in [9.17, 15) is 0 Å². The van der Waals surface area contributed by atoms with Gasteiger partial charge in [-0.15, -0.1) is 0 Å². The summed E-state index contributed by atoms with van der Waals surface area (Å²) < 4.78 is 13.8. The van der Waals surface area contributed by atoms with Crippen molar-refractivity contribution in [3.63, 3.8) is 0 Å². The maximum Gasteiger partial charge on any atom is 0.194 e. The van der Waals surface area contributed by atoms with Crippen LogP contribution in [0.5, 0.6) is 5.75 Å². The Kier molecular flexibility index (Phi) is 6.92. The highest BCUT2D eigenvalue weighted by molar-refractivity contribution is 5.80. The molecule has 1 aromatic heterocycles. The Bertz CT molecular complexity index is 789. The first-order valence-corrected chi connectivity index (χ1v) is 9.92. The van der Waals surface area contributed by atoms with E-state index in [2.05, 4.69) is 42.2 Å². The molecule has 1 aromatic carbocycles. The molecule has 28 heavy (non-hydrogen) atoms. The molecule has 0 aliphatic carbocycles. The zero-order valence-electron chi connectivity index (χ0n) is 17.3. The molecule has 7 nitrogen and oxygen atoms in total. The number of aliphatic imine (C=N–C) groups is 1. The van der Waals surface area contributed by atoms with Crippen LogP contribution in [0.25, 0.3) is 0 Å². The second kappa shape index (κ2) is 9.59. The van der Waals surface area contributed by atoms with E-state index in [1.165, 1.54) is 0 Å². The molecule has 0 bridgehead atoms. The molecule has 2 aromatic rings. The predicted octanol–water partition coefficient (Wildman–Crippen LogP) is 2.53. The number of aryl methyl sites for hydroxylation is 2. The second-order valence-corrected chi connectivity index (χ2v) is 7.14. The van der Waals surface area contributed by atoms with Gasteiger partial charge in [0.25, 0.3) is 0 Å². The van der Waals surface area contributed by atoms with E-state index >= 15 is 0 Å². The molecular formula is C21H31N5O2. The molecular weight excluding hydrogens is 354 g/mol. The van der Waals surface area contributed by atoms with Crippen molar-refractivity contribution in [2.24, 2.45) is 12.0 Å². The van der Waals surface area contributed by atoms with Gasteiger partial charge in [-0.2, -0.15) is 5.10 Å². The molecule has 0 radical (unpaired) electrons. The largest absolute Gasteiger partial charge is 0.489 e. The maximum atomic E-state index is 6.07. The topological polar surface area (TPSA) is 63.9 Å². The average molecular weight is 386 g/mol. The molecule has 1 fully saturated rings. The van der Waals surface area contributed by atoms with Crippen LogP contribution in [0.2, 0.25) is 0 Å².